The van der Waals surface area contributed by atoms with Crippen LogP contribution in [0.5, 0.6) is 0 Å². The molecule has 0 aliphatic carbocycles. The third kappa shape index (κ3) is 5.92. The van der Waals surface area contributed by atoms with Gasteiger partial charge in [-0.25, -0.2) is 9.48 Å². The number of nitrogens with zero attached hydrogens (tertiary/aromatic N) is 5. The van der Waals surface area contributed by atoms with Gasteiger partial charge in [-0.3, -0.25) is 19.3 Å². The Balaban J connectivity index is 0.00000361. The minimum atomic E-state index is -1.26. The molecule has 0 saturated carbocycles. The number of aromatic nitrogens is 4. The zero-order valence-corrected chi connectivity index (χ0v) is 19.8. The Bertz CT molecular complexity index is 1220. The van der Waals surface area contributed by atoms with E-state index in [1.54, 1.807) is 12.1 Å². The van der Waals surface area contributed by atoms with E-state index in [1.165, 1.54) is 16.7 Å². The van der Waals surface area contributed by atoms with Gasteiger partial charge in [-0.2, -0.15) is 0 Å². The molecule has 2 aromatic rings. The second kappa shape index (κ2) is 12.2. The number of nitrogens with two attached hydrogens (primary N) is 1. The summed E-state index contributed by atoms with van der Waals surface area (Å²) in [4.78, 5) is 49.6. The molecule has 1 saturated heterocycles. The summed E-state index contributed by atoms with van der Waals surface area (Å²) in [5.74, 6) is -2.77. The van der Waals surface area contributed by atoms with Gasteiger partial charge in [0.1, 0.15) is 23.7 Å². The standard InChI is InChI=1S/C20H21N7O6S2.Na.H/c21-6-11-4-2-1-3-10(11)5-13(28)22-15-17(31)27-16(19(32)33)12(8-34-18(15)27)9-35-20-23-24-25-26(20)7-14(29)30;;/h1-4,15,18H,5-9,21H2,(H,22,28)(H,29,30)(H,32,33);;/t15-,18-;;/m1../s1. The molecule has 1 fully saturated rings. The minimum absolute atomic E-state index is 0. The van der Waals surface area contributed by atoms with Crippen LogP contribution in [0.25, 0.3) is 0 Å². The topological polar surface area (TPSA) is 194 Å². The quantitative estimate of drug-likeness (QED) is 0.156. The summed E-state index contributed by atoms with van der Waals surface area (Å²) in [5, 5.41) is 32.0. The van der Waals surface area contributed by atoms with E-state index in [2.05, 4.69) is 20.8 Å². The van der Waals surface area contributed by atoms with Crippen molar-refractivity contribution in [2.75, 3.05) is 11.5 Å². The van der Waals surface area contributed by atoms with Crippen molar-refractivity contribution >= 4 is 76.8 Å². The number of β-lactam (4-membered cyclic amide) rings is 1. The first kappa shape index (κ1) is 28.1. The van der Waals surface area contributed by atoms with Gasteiger partial charge in [0.05, 0.1) is 6.42 Å². The van der Waals surface area contributed by atoms with Crippen LogP contribution in [0.15, 0.2) is 40.7 Å². The Labute approximate surface area is 235 Å². The predicted molar refractivity (Wildman–Crippen MR) is 131 cm³/mol. The number of fused-ring (bicyclic) bond motifs is 1. The molecule has 16 heteroatoms. The van der Waals surface area contributed by atoms with Crippen molar-refractivity contribution in [2.24, 2.45) is 5.73 Å². The number of carboxylic acids is 2. The van der Waals surface area contributed by atoms with Gasteiger partial charge in [0.2, 0.25) is 11.1 Å². The number of nitrogens with one attached hydrogen (secondary N) is 1. The SMILES string of the molecule is NCc1ccccc1CC(=O)N[C@@H]1C(=O)N2C(C(=O)O)=C(CSc3nnnn3CC(=O)O)CS[C@H]12.[NaH]. The summed E-state index contributed by atoms with van der Waals surface area (Å²) in [7, 11) is 0. The Kier molecular flexibility index (Phi) is 9.54. The molecule has 3 heterocycles. The Hall–Kier alpha value is -2.43. The second-order valence-electron chi connectivity index (χ2n) is 7.66. The summed E-state index contributed by atoms with van der Waals surface area (Å²) in [5.41, 5.74) is 7.66. The molecule has 186 valence electrons. The van der Waals surface area contributed by atoms with Gasteiger partial charge in [-0.15, -0.1) is 16.9 Å². The molecule has 0 spiro atoms. The van der Waals surface area contributed by atoms with Crippen molar-refractivity contribution in [3.8, 4) is 0 Å². The van der Waals surface area contributed by atoms with Crippen molar-refractivity contribution in [1.29, 1.82) is 0 Å². The van der Waals surface area contributed by atoms with Crippen molar-refractivity contribution in [3.05, 3.63) is 46.7 Å². The van der Waals surface area contributed by atoms with Crippen LogP contribution in [0, 0.1) is 0 Å². The van der Waals surface area contributed by atoms with Gasteiger partial charge < -0.3 is 21.3 Å². The molecule has 36 heavy (non-hydrogen) atoms. The summed E-state index contributed by atoms with van der Waals surface area (Å²) < 4.78 is 1.09. The number of amides is 2. The summed E-state index contributed by atoms with van der Waals surface area (Å²) in [6, 6.07) is 6.44. The molecular formula is C20H22N7NaO6S2. The monoisotopic (exact) mass is 543 g/mol. The van der Waals surface area contributed by atoms with Crippen LogP contribution in [0.3, 0.4) is 0 Å². The maximum atomic E-state index is 12.8. The van der Waals surface area contributed by atoms with E-state index in [-0.39, 0.29) is 65.0 Å². The first-order valence-electron chi connectivity index (χ1n) is 10.4. The number of aliphatic carboxylic acids is 2. The first-order chi connectivity index (χ1) is 16.8. The Morgan fingerprint density at radius 2 is 1.94 bits per heavy atom. The zero-order valence-electron chi connectivity index (χ0n) is 18.2. The number of rotatable bonds is 10. The van der Waals surface area contributed by atoms with Gasteiger partial charge in [0.15, 0.2) is 0 Å². The van der Waals surface area contributed by atoms with Crippen LogP contribution in [0.4, 0.5) is 0 Å². The van der Waals surface area contributed by atoms with Gasteiger partial charge in [-0.1, -0.05) is 36.0 Å². The third-order valence-electron chi connectivity index (χ3n) is 5.42. The van der Waals surface area contributed by atoms with Crippen LogP contribution in [-0.4, -0.2) is 112 Å². The molecule has 2 aliphatic rings. The molecule has 1 aromatic heterocycles. The molecule has 5 N–H and O–H groups in total. The van der Waals surface area contributed by atoms with E-state index in [9.17, 15) is 24.3 Å². The summed E-state index contributed by atoms with van der Waals surface area (Å²) in [6.07, 6.45) is 0.0586. The van der Waals surface area contributed by atoms with E-state index in [4.69, 9.17) is 10.8 Å². The number of benzene rings is 1. The molecule has 0 unspecified atom stereocenters. The van der Waals surface area contributed by atoms with Gasteiger partial charge in [-0.05, 0) is 27.1 Å². The molecule has 13 nitrogen and oxygen atoms in total. The number of tetrazole rings is 1. The number of hydrogen-bond donors (Lipinski definition) is 4. The van der Waals surface area contributed by atoms with E-state index in [1.807, 2.05) is 12.1 Å². The fourth-order valence-corrected chi connectivity index (χ4v) is 6.16. The molecule has 0 bridgehead atoms. The first-order valence-corrected chi connectivity index (χ1v) is 12.4. The molecule has 0 radical (unpaired) electrons. The van der Waals surface area contributed by atoms with Crippen molar-refractivity contribution < 1.29 is 29.4 Å². The van der Waals surface area contributed by atoms with Crippen LogP contribution < -0.4 is 11.1 Å². The van der Waals surface area contributed by atoms with Crippen molar-refractivity contribution in [1.82, 2.24) is 30.4 Å². The van der Waals surface area contributed by atoms with Crippen LogP contribution in [0.1, 0.15) is 11.1 Å². The normalized spacial score (nSPS) is 18.7. The number of carbonyl (C=O) groups is 4. The molecule has 2 amide bonds. The van der Waals surface area contributed by atoms with Crippen LogP contribution >= 0.6 is 23.5 Å². The number of thioether (sulfide) groups is 2. The average Bonchev–Trinajstić information content (AvgIpc) is 3.26. The molecule has 1 aromatic carbocycles. The van der Waals surface area contributed by atoms with E-state index in [0.29, 0.717) is 11.3 Å². The van der Waals surface area contributed by atoms with Gasteiger partial charge >= 0.3 is 41.5 Å². The van der Waals surface area contributed by atoms with Crippen molar-refractivity contribution in [3.63, 3.8) is 0 Å². The second-order valence-corrected chi connectivity index (χ2v) is 9.71. The van der Waals surface area contributed by atoms with Gasteiger partial charge in [0.25, 0.3) is 5.91 Å². The third-order valence-corrected chi connectivity index (χ3v) is 7.80. The summed E-state index contributed by atoms with van der Waals surface area (Å²) >= 11 is 2.42. The fourth-order valence-electron chi connectivity index (χ4n) is 3.80. The van der Waals surface area contributed by atoms with Crippen LogP contribution in [0.2, 0.25) is 0 Å². The van der Waals surface area contributed by atoms with Crippen LogP contribution in [-0.2, 0) is 38.7 Å². The van der Waals surface area contributed by atoms with Gasteiger partial charge in [0, 0.05) is 18.1 Å². The number of carboxylic acid groups (broad SMARTS) is 2. The maximum absolute atomic E-state index is 12.8. The van der Waals surface area contributed by atoms with E-state index >= 15 is 0 Å². The van der Waals surface area contributed by atoms with E-state index in [0.717, 1.165) is 27.6 Å². The number of hydrogen-bond acceptors (Lipinski definition) is 10. The number of carbonyl (C=O) groups excluding carboxylic acids is 2. The predicted octanol–water partition coefficient (Wildman–Crippen LogP) is -1.36. The fraction of sp³-hybridized carbons (Fsp3) is 0.350. The molecule has 2 aliphatic heterocycles. The Morgan fingerprint density at radius 1 is 1.22 bits per heavy atom. The molecule has 4 rings (SSSR count). The molecule has 2 atom stereocenters. The van der Waals surface area contributed by atoms with E-state index < -0.39 is 35.8 Å². The molecular weight excluding hydrogens is 521 g/mol. The Morgan fingerprint density at radius 3 is 2.61 bits per heavy atom. The van der Waals surface area contributed by atoms with Crippen molar-refractivity contribution in [2.45, 2.75) is 36.1 Å². The summed E-state index contributed by atoms with van der Waals surface area (Å²) in [6.45, 7) is -0.146. The zero-order chi connectivity index (χ0) is 25.1. The average molecular weight is 544 g/mol.